The van der Waals surface area contributed by atoms with Crippen LogP contribution in [0.15, 0.2) is 65.7 Å². The average molecular weight is 499 g/mol. The average Bonchev–Trinajstić information content (AvgIpc) is 3.14. The lowest BCUT2D eigenvalue weighted by molar-refractivity contribution is -0.132. The van der Waals surface area contributed by atoms with Crippen molar-refractivity contribution in [3.8, 4) is 0 Å². The first kappa shape index (κ1) is 23.2. The lowest BCUT2D eigenvalue weighted by Crippen LogP contribution is -2.54. The van der Waals surface area contributed by atoms with E-state index in [1.54, 1.807) is 23.1 Å². The summed E-state index contributed by atoms with van der Waals surface area (Å²) in [5, 5.41) is 1.16. The van der Waals surface area contributed by atoms with E-state index in [-0.39, 0.29) is 12.5 Å². The van der Waals surface area contributed by atoms with Gasteiger partial charge in [0.15, 0.2) is 0 Å². The summed E-state index contributed by atoms with van der Waals surface area (Å²) in [5.41, 5.74) is 3.38. The topological polar surface area (TPSA) is 32.7 Å². The number of fused-ring (bicyclic) bond motifs is 2. The lowest BCUT2D eigenvalue weighted by atomic mass is 9.59. The van der Waals surface area contributed by atoms with Crippen molar-refractivity contribution in [2.45, 2.75) is 30.7 Å². The quantitative estimate of drug-likeness (QED) is 0.358. The number of nitrogens with zero attached hydrogens (tertiary/aromatic N) is 2. The Morgan fingerprint density at radius 1 is 1.12 bits per heavy atom. The van der Waals surface area contributed by atoms with E-state index in [2.05, 4.69) is 0 Å². The number of aliphatic imine (C=N–C) groups is 1. The number of halogens is 4. The maximum atomic E-state index is 14.6. The van der Waals surface area contributed by atoms with Crippen LogP contribution < -0.4 is 0 Å². The molecule has 3 aromatic carbocycles. The van der Waals surface area contributed by atoms with Crippen LogP contribution in [0.1, 0.15) is 40.6 Å². The maximum absolute atomic E-state index is 14.6. The highest BCUT2D eigenvalue weighted by atomic mass is 35.5. The highest BCUT2D eigenvalue weighted by Gasteiger charge is 2.55. The van der Waals surface area contributed by atoms with E-state index < -0.39 is 23.3 Å². The minimum atomic E-state index is -1.43. The molecule has 3 atom stereocenters. The van der Waals surface area contributed by atoms with E-state index in [0.29, 0.717) is 34.3 Å². The van der Waals surface area contributed by atoms with E-state index in [0.717, 1.165) is 16.7 Å². The highest BCUT2D eigenvalue weighted by Crippen LogP contribution is 2.59. The normalized spacial score (nSPS) is 23.9. The van der Waals surface area contributed by atoms with Crippen molar-refractivity contribution in [2.24, 2.45) is 4.99 Å². The SMILES string of the molecule is Cc1ccc(F)cc1[C@H]1N(CC(=O)F)CC[C@@H](c2cccc(Cl)c2)[C@]12C=Nc1cc(Cl)ccc12. The molecule has 1 spiro atoms. The van der Waals surface area contributed by atoms with Gasteiger partial charge in [0.25, 0.3) is 0 Å². The summed E-state index contributed by atoms with van der Waals surface area (Å²) >= 11 is 12.6. The Bertz CT molecular complexity index is 1310. The molecular weight excluding hydrogens is 477 g/mol. The van der Waals surface area contributed by atoms with Gasteiger partial charge in [0.2, 0.25) is 0 Å². The smallest absolute Gasteiger partial charge is 0.285 e. The predicted octanol–water partition coefficient (Wildman–Crippen LogP) is 7.12. The Morgan fingerprint density at radius 3 is 2.68 bits per heavy atom. The van der Waals surface area contributed by atoms with Gasteiger partial charge in [-0.05, 0) is 72.0 Å². The molecule has 174 valence electrons. The minimum absolute atomic E-state index is 0.101. The fourth-order valence-electron chi connectivity index (χ4n) is 5.73. The number of rotatable bonds is 4. The molecule has 3 nitrogen and oxygen atoms in total. The third-order valence-electron chi connectivity index (χ3n) is 7.06. The van der Waals surface area contributed by atoms with Crippen molar-refractivity contribution in [2.75, 3.05) is 13.1 Å². The molecule has 0 aromatic heterocycles. The Hall–Kier alpha value is -2.60. The number of benzene rings is 3. The number of hydrogen-bond donors (Lipinski definition) is 0. The molecule has 1 fully saturated rings. The monoisotopic (exact) mass is 498 g/mol. The number of piperidine rings is 1. The summed E-state index contributed by atoms with van der Waals surface area (Å²) < 4.78 is 28.4. The summed E-state index contributed by atoms with van der Waals surface area (Å²) in [6.07, 6.45) is 2.51. The number of hydrogen-bond acceptors (Lipinski definition) is 3. The molecule has 0 radical (unpaired) electrons. The largest absolute Gasteiger partial charge is 0.315 e. The number of carbonyl (C=O) groups is 1. The van der Waals surface area contributed by atoms with Gasteiger partial charge < -0.3 is 0 Å². The van der Waals surface area contributed by atoms with Crippen LogP contribution in [0.5, 0.6) is 0 Å². The maximum Gasteiger partial charge on any atom is 0.315 e. The van der Waals surface area contributed by atoms with Gasteiger partial charge in [-0.25, -0.2) is 4.39 Å². The minimum Gasteiger partial charge on any atom is -0.285 e. The van der Waals surface area contributed by atoms with Crippen LogP contribution in [0, 0.1) is 12.7 Å². The molecule has 0 saturated carbocycles. The molecule has 0 aliphatic carbocycles. The fraction of sp³-hybridized carbons (Fsp3) is 0.259. The second-order valence-corrected chi connectivity index (χ2v) is 9.85. The highest BCUT2D eigenvalue weighted by molar-refractivity contribution is 6.31. The summed E-state index contributed by atoms with van der Waals surface area (Å²) in [5.74, 6) is -0.491. The van der Waals surface area contributed by atoms with Gasteiger partial charge in [0, 0.05) is 28.7 Å². The van der Waals surface area contributed by atoms with Crippen LogP contribution in [-0.4, -0.2) is 30.2 Å². The zero-order chi connectivity index (χ0) is 24.0. The molecule has 34 heavy (non-hydrogen) atoms. The summed E-state index contributed by atoms with van der Waals surface area (Å²) in [7, 11) is 0. The Labute approximate surface area is 207 Å². The van der Waals surface area contributed by atoms with Gasteiger partial charge in [-0.1, -0.05) is 47.5 Å². The number of aryl methyl sites for hydroxylation is 1. The fourth-order valence-corrected chi connectivity index (χ4v) is 6.10. The van der Waals surface area contributed by atoms with E-state index in [1.807, 2.05) is 43.5 Å². The van der Waals surface area contributed by atoms with Gasteiger partial charge >= 0.3 is 6.04 Å². The number of carbonyl (C=O) groups excluding carboxylic acids is 1. The van der Waals surface area contributed by atoms with Gasteiger partial charge in [-0.2, -0.15) is 4.39 Å². The van der Waals surface area contributed by atoms with E-state index in [4.69, 9.17) is 28.2 Å². The van der Waals surface area contributed by atoms with Crippen molar-refractivity contribution in [3.05, 3.63) is 98.8 Å². The first-order chi connectivity index (χ1) is 16.3. The molecule has 0 bridgehead atoms. The van der Waals surface area contributed by atoms with Crippen molar-refractivity contribution in [1.29, 1.82) is 0 Å². The van der Waals surface area contributed by atoms with Crippen LogP contribution in [0.2, 0.25) is 10.0 Å². The molecule has 0 amide bonds. The standard InChI is InChI=1S/C27H22Cl2F2N2O/c1-16-5-7-20(30)13-21(16)26-27(15-32-24-12-19(29)6-8-23(24)27)22(9-10-33(26)14-25(31)34)17-3-2-4-18(28)11-17/h2-8,11-13,15,22,26H,9-10,14H2,1H3/t22-,26+,27-/m0/s1. The molecule has 2 heterocycles. The van der Waals surface area contributed by atoms with Crippen LogP contribution >= 0.6 is 23.2 Å². The summed E-state index contributed by atoms with van der Waals surface area (Å²) in [6, 6.07) is 15.9. The second-order valence-electron chi connectivity index (χ2n) is 8.98. The Balaban J connectivity index is 1.81. The Kier molecular flexibility index (Phi) is 6.05. The van der Waals surface area contributed by atoms with Crippen molar-refractivity contribution in [3.63, 3.8) is 0 Å². The van der Waals surface area contributed by atoms with Gasteiger partial charge in [-0.3, -0.25) is 14.7 Å². The van der Waals surface area contributed by atoms with Crippen molar-refractivity contribution < 1.29 is 13.6 Å². The van der Waals surface area contributed by atoms with Crippen LogP contribution in [0.4, 0.5) is 14.5 Å². The third kappa shape index (κ3) is 3.86. The number of likely N-dealkylation sites (tertiary alicyclic amines) is 1. The molecule has 0 N–H and O–H groups in total. The molecular formula is C27H22Cl2F2N2O. The van der Waals surface area contributed by atoms with Crippen LogP contribution in [0.25, 0.3) is 0 Å². The molecule has 3 aromatic rings. The zero-order valence-corrected chi connectivity index (χ0v) is 20.0. The first-order valence-electron chi connectivity index (χ1n) is 11.1. The van der Waals surface area contributed by atoms with Gasteiger partial charge in [-0.15, -0.1) is 0 Å². The van der Waals surface area contributed by atoms with Crippen LogP contribution in [-0.2, 0) is 10.2 Å². The second kappa shape index (κ2) is 8.88. The van der Waals surface area contributed by atoms with E-state index >= 15 is 0 Å². The molecule has 7 heteroatoms. The predicted molar refractivity (Wildman–Crippen MR) is 132 cm³/mol. The van der Waals surface area contributed by atoms with Crippen LogP contribution in [0.3, 0.4) is 0 Å². The lowest BCUT2D eigenvalue weighted by Gasteiger charge is -2.52. The van der Waals surface area contributed by atoms with Crippen molar-refractivity contribution >= 4 is 41.1 Å². The van der Waals surface area contributed by atoms with Gasteiger partial charge in [0.05, 0.1) is 23.7 Å². The van der Waals surface area contributed by atoms with E-state index in [1.165, 1.54) is 12.1 Å². The molecule has 0 unspecified atom stereocenters. The van der Waals surface area contributed by atoms with Crippen molar-refractivity contribution in [1.82, 2.24) is 4.90 Å². The first-order valence-corrected chi connectivity index (χ1v) is 11.8. The van der Waals surface area contributed by atoms with E-state index in [9.17, 15) is 13.6 Å². The summed E-state index contributed by atoms with van der Waals surface area (Å²) in [6.45, 7) is 1.96. The molecule has 2 aliphatic heterocycles. The Morgan fingerprint density at radius 2 is 1.91 bits per heavy atom. The zero-order valence-electron chi connectivity index (χ0n) is 18.4. The van der Waals surface area contributed by atoms with Gasteiger partial charge in [0.1, 0.15) is 5.82 Å². The molecule has 1 saturated heterocycles. The third-order valence-corrected chi connectivity index (χ3v) is 7.53. The molecule has 2 aliphatic rings. The summed E-state index contributed by atoms with van der Waals surface area (Å²) in [4.78, 5) is 18.2. The molecule has 5 rings (SSSR count).